The van der Waals surface area contributed by atoms with Crippen molar-refractivity contribution in [3.8, 4) is 0 Å². The van der Waals surface area contributed by atoms with Gasteiger partial charge < -0.3 is 5.53 Å². The molecule has 54 valence electrons. The summed E-state index contributed by atoms with van der Waals surface area (Å²) in [7, 11) is 0. The molecule has 9 heavy (non-hydrogen) atoms. The summed E-state index contributed by atoms with van der Waals surface area (Å²) in [6.45, 7) is 7.13. The fourth-order valence-electron chi connectivity index (χ4n) is 0.500. The van der Waals surface area contributed by atoms with Crippen LogP contribution in [0.1, 0.15) is 39.5 Å². The van der Waals surface area contributed by atoms with Crippen LogP contribution < -0.4 is 0 Å². The largest absolute Gasteiger partial charge is 0.362 e. The minimum atomic E-state index is 1.36. The molecule has 0 amide bonds. The van der Waals surface area contributed by atoms with E-state index in [0.29, 0.717) is 0 Å². The Morgan fingerprint density at radius 1 is 1.22 bits per heavy atom. The van der Waals surface area contributed by atoms with Gasteiger partial charge in [0.1, 0.15) is 0 Å². The number of rotatable bonds is 3. The van der Waals surface area contributed by atoms with Crippen molar-refractivity contribution in [1.82, 2.24) is 0 Å². The molecule has 0 aromatic rings. The molecular formula is C7H16N2. The normalized spacial score (nSPS) is 6.89. The summed E-state index contributed by atoms with van der Waals surface area (Å²) in [6.07, 6.45) is 5.54. The molecule has 0 saturated carbocycles. The first kappa shape index (κ1) is 11.2. The summed E-state index contributed by atoms with van der Waals surface area (Å²) in [6, 6.07) is 0. The van der Waals surface area contributed by atoms with Gasteiger partial charge in [-0.1, -0.05) is 39.5 Å². The van der Waals surface area contributed by atoms with Crippen LogP contribution in [-0.2, 0) is 0 Å². The van der Waals surface area contributed by atoms with Crippen molar-refractivity contribution in [1.29, 1.82) is 0 Å². The number of hydrogen-bond acceptors (Lipinski definition) is 0. The maximum atomic E-state index is 7.08. The highest BCUT2D eigenvalue weighted by molar-refractivity contribution is 5.12. The van der Waals surface area contributed by atoms with Crippen molar-refractivity contribution in [2.45, 2.75) is 39.5 Å². The lowest BCUT2D eigenvalue weighted by Gasteiger charge is -1.86. The molecule has 0 aliphatic carbocycles. The van der Waals surface area contributed by atoms with Crippen LogP contribution in [0.3, 0.4) is 0 Å². The zero-order valence-electron chi connectivity index (χ0n) is 6.43. The van der Waals surface area contributed by atoms with E-state index in [0.717, 1.165) is 0 Å². The highest BCUT2D eigenvalue weighted by Crippen LogP contribution is 1.95. The summed E-state index contributed by atoms with van der Waals surface area (Å²) in [4.78, 5) is 2.25. The van der Waals surface area contributed by atoms with Crippen LogP contribution in [0.15, 0.2) is 0 Å². The zero-order valence-corrected chi connectivity index (χ0v) is 6.43. The lowest BCUT2D eigenvalue weighted by Crippen LogP contribution is -1.66. The van der Waals surface area contributed by atoms with Crippen molar-refractivity contribution < 1.29 is 4.79 Å². The van der Waals surface area contributed by atoms with E-state index in [4.69, 9.17) is 5.53 Å². The fraction of sp³-hybridized carbons (Fsp3) is 0.857. The van der Waals surface area contributed by atoms with E-state index < -0.39 is 0 Å². The van der Waals surface area contributed by atoms with Gasteiger partial charge in [-0.3, -0.25) is 0 Å². The number of hydrogen-bond donors (Lipinski definition) is 0. The molecule has 2 heteroatoms. The molecule has 0 atom stereocenters. The van der Waals surface area contributed by atoms with E-state index in [1.54, 1.807) is 0 Å². The van der Waals surface area contributed by atoms with Crippen LogP contribution in [0.2, 0.25) is 0 Å². The molecule has 0 aliphatic heterocycles. The molecule has 2 nitrogen and oxygen atoms in total. The minimum Gasteiger partial charge on any atom is -0.362 e. The minimum absolute atomic E-state index is 1.36. The van der Waals surface area contributed by atoms with Crippen molar-refractivity contribution in [3.05, 3.63) is 5.53 Å². The van der Waals surface area contributed by atoms with Gasteiger partial charge in [0.05, 0.1) is 0 Å². The first-order valence-corrected chi connectivity index (χ1v) is 3.43. The van der Waals surface area contributed by atoms with Gasteiger partial charge in [0.25, 0.3) is 0 Å². The SMILES string of the molecule is C=[N+]=[N-].CCCCCC. The van der Waals surface area contributed by atoms with E-state index in [2.05, 4.69) is 25.4 Å². The van der Waals surface area contributed by atoms with E-state index >= 15 is 0 Å². The van der Waals surface area contributed by atoms with Gasteiger partial charge in [0.15, 0.2) is 0 Å². The monoisotopic (exact) mass is 128 g/mol. The first-order valence-electron chi connectivity index (χ1n) is 3.43. The van der Waals surface area contributed by atoms with E-state index in [-0.39, 0.29) is 0 Å². The molecule has 0 N–H and O–H groups in total. The lowest BCUT2D eigenvalue weighted by molar-refractivity contribution is 0.0110. The second-order valence-electron chi connectivity index (χ2n) is 1.85. The molecule has 0 aliphatic rings. The second kappa shape index (κ2) is 15.7. The molecule has 0 spiro atoms. The van der Waals surface area contributed by atoms with Gasteiger partial charge in [-0.25, -0.2) is 0 Å². The van der Waals surface area contributed by atoms with E-state index in [1.807, 2.05) is 0 Å². The Morgan fingerprint density at radius 2 is 1.44 bits per heavy atom. The van der Waals surface area contributed by atoms with Crippen LogP contribution in [0.4, 0.5) is 0 Å². The number of unbranched alkanes of at least 4 members (excludes halogenated alkanes) is 3. The van der Waals surface area contributed by atoms with Crippen molar-refractivity contribution >= 4 is 6.72 Å². The topological polar surface area (TPSA) is 36.4 Å². The molecular weight excluding hydrogens is 112 g/mol. The standard InChI is InChI=1S/C6H14.CH2N2/c1-3-5-6-4-2;1-3-2/h3-6H2,1-2H3;1H2. The van der Waals surface area contributed by atoms with Gasteiger partial charge in [-0.15, -0.1) is 0 Å². The second-order valence-corrected chi connectivity index (χ2v) is 1.85. The van der Waals surface area contributed by atoms with Gasteiger partial charge in [-0.05, 0) is 0 Å². The summed E-state index contributed by atoms with van der Waals surface area (Å²) in [5, 5.41) is 0. The summed E-state index contributed by atoms with van der Waals surface area (Å²) in [5.74, 6) is 0. The van der Waals surface area contributed by atoms with Gasteiger partial charge in [-0.2, -0.15) is 4.79 Å². The van der Waals surface area contributed by atoms with Crippen molar-refractivity contribution in [2.24, 2.45) is 0 Å². The molecule has 0 aromatic heterocycles. The van der Waals surface area contributed by atoms with Crippen molar-refractivity contribution in [2.75, 3.05) is 0 Å². The van der Waals surface area contributed by atoms with Crippen LogP contribution in [0.25, 0.3) is 5.53 Å². The molecule has 0 fully saturated rings. The van der Waals surface area contributed by atoms with E-state index in [9.17, 15) is 0 Å². The maximum Gasteiger partial charge on any atom is 0.245 e. The highest BCUT2D eigenvalue weighted by Gasteiger charge is 1.75. The Hall–Kier alpha value is -0.620. The molecule has 0 rings (SSSR count). The predicted molar refractivity (Wildman–Crippen MR) is 40.6 cm³/mol. The third kappa shape index (κ3) is 37.7. The molecule has 0 unspecified atom stereocenters. The van der Waals surface area contributed by atoms with Crippen LogP contribution in [0.5, 0.6) is 0 Å². The van der Waals surface area contributed by atoms with Gasteiger partial charge in [0.2, 0.25) is 6.72 Å². The molecule has 0 aromatic carbocycles. The Bertz CT molecular complexity index is 59.3. The Labute approximate surface area is 57.5 Å². The van der Waals surface area contributed by atoms with Gasteiger partial charge in [0, 0.05) is 0 Å². The van der Waals surface area contributed by atoms with Gasteiger partial charge >= 0.3 is 0 Å². The summed E-state index contributed by atoms with van der Waals surface area (Å²) >= 11 is 0. The van der Waals surface area contributed by atoms with Crippen LogP contribution >= 0.6 is 0 Å². The summed E-state index contributed by atoms with van der Waals surface area (Å²) < 4.78 is 0. The lowest BCUT2D eigenvalue weighted by atomic mass is 10.2. The quantitative estimate of drug-likeness (QED) is 0.242. The Kier molecular flexibility index (Phi) is 19.5. The third-order valence-electron chi connectivity index (χ3n) is 0.957. The highest BCUT2D eigenvalue weighted by atomic mass is 14.8. The Balaban J connectivity index is 0. The van der Waals surface area contributed by atoms with E-state index in [1.165, 1.54) is 25.7 Å². The molecule has 0 saturated heterocycles. The van der Waals surface area contributed by atoms with Crippen molar-refractivity contribution in [3.63, 3.8) is 0 Å². The average Bonchev–Trinajstić information content (AvgIpc) is 1.86. The predicted octanol–water partition coefficient (Wildman–Crippen LogP) is 2.50. The maximum absolute atomic E-state index is 7.08. The number of nitrogens with zero attached hydrogens (tertiary/aromatic N) is 2. The molecule has 0 radical (unpaired) electrons. The summed E-state index contributed by atoms with van der Waals surface area (Å²) in [5.41, 5.74) is 7.08. The molecule has 0 bridgehead atoms. The fourth-order valence-corrected chi connectivity index (χ4v) is 0.500. The zero-order chi connectivity index (χ0) is 7.54. The third-order valence-corrected chi connectivity index (χ3v) is 0.957. The van der Waals surface area contributed by atoms with Crippen LogP contribution in [-0.4, -0.2) is 11.5 Å². The molecule has 0 heterocycles. The van der Waals surface area contributed by atoms with Crippen LogP contribution in [0, 0.1) is 0 Å². The first-order chi connectivity index (χ1) is 4.33. The average molecular weight is 128 g/mol. The Morgan fingerprint density at radius 3 is 1.56 bits per heavy atom. The smallest absolute Gasteiger partial charge is 0.245 e.